The molecule has 1 amide bonds. The van der Waals surface area contributed by atoms with Crippen LogP contribution in [0.3, 0.4) is 0 Å². The molecule has 3 aromatic heterocycles. The summed E-state index contributed by atoms with van der Waals surface area (Å²) in [6, 6.07) is 4.15. The third-order valence-corrected chi connectivity index (χ3v) is 6.11. The molecule has 3 aromatic rings. The molecular weight excluding hydrogens is 378 g/mol. The van der Waals surface area contributed by atoms with Gasteiger partial charge in [-0.05, 0) is 19.1 Å². The molecule has 2 aliphatic heterocycles. The Balaban J connectivity index is 1.32. The Morgan fingerprint density at radius 2 is 2.14 bits per heavy atom. The maximum atomic E-state index is 12.2. The van der Waals surface area contributed by atoms with Gasteiger partial charge in [0, 0.05) is 54.5 Å². The van der Waals surface area contributed by atoms with E-state index >= 15 is 0 Å². The van der Waals surface area contributed by atoms with Crippen LogP contribution in [-0.2, 0) is 9.47 Å². The van der Waals surface area contributed by atoms with E-state index < -0.39 is 0 Å². The summed E-state index contributed by atoms with van der Waals surface area (Å²) in [6.45, 7) is 5.80. The number of ether oxygens (including phenoxy) is 2. The van der Waals surface area contributed by atoms with Crippen LogP contribution in [0, 0.1) is 6.92 Å². The molecule has 9 heteroatoms. The number of thiazole rings is 1. The van der Waals surface area contributed by atoms with Crippen LogP contribution in [0.15, 0.2) is 23.7 Å². The predicted octanol–water partition coefficient (Wildman–Crippen LogP) is 2.65. The molecule has 5 rings (SSSR count). The number of piperazine rings is 1. The number of nitrogens with zero attached hydrogens (tertiary/aromatic N) is 4. The highest BCUT2D eigenvalue weighted by molar-refractivity contribution is 7.13. The molecule has 146 valence electrons. The van der Waals surface area contributed by atoms with Gasteiger partial charge in [0.2, 0.25) is 0 Å². The van der Waals surface area contributed by atoms with Gasteiger partial charge in [-0.2, -0.15) is 0 Å². The van der Waals surface area contributed by atoms with Crippen molar-refractivity contribution >= 4 is 34.2 Å². The Bertz CT molecular complexity index is 1000. The Kier molecular flexibility index (Phi) is 4.40. The number of aryl methyl sites for hydroxylation is 1. The lowest BCUT2D eigenvalue weighted by Gasteiger charge is -2.37. The normalized spacial score (nSPS) is 17.8. The lowest BCUT2D eigenvalue weighted by molar-refractivity contribution is -0.104. The van der Waals surface area contributed by atoms with Crippen LogP contribution in [0.25, 0.3) is 21.7 Å². The number of hydrogen-bond acceptors (Lipinski definition) is 7. The van der Waals surface area contributed by atoms with Crippen LogP contribution in [0.1, 0.15) is 5.69 Å². The zero-order chi connectivity index (χ0) is 19.1. The minimum Gasteiger partial charge on any atom is -0.441 e. The molecule has 2 fully saturated rings. The molecule has 2 aliphatic rings. The molecule has 0 atom stereocenters. The first-order chi connectivity index (χ1) is 13.7. The molecule has 5 heterocycles. The van der Waals surface area contributed by atoms with Gasteiger partial charge in [-0.1, -0.05) is 0 Å². The third kappa shape index (κ3) is 3.20. The molecule has 0 unspecified atom stereocenters. The summed E-state index contributed by atoms with van der Waals surface area (Å²) in [5.41, 5.74) is 3.98. The number of nitrogens with one attached hydrogen (secondary N) is 1. The Hall–Kier alpha value is -2.65. The van der Waals surface area contributed by atoms with Crippen LogP contribution >= 0.6 is 11.3 Å². The largest absolute Gasteiger partial charge is 0.441 e. The molecule has 8 nitrogen and oxygen atoms in total. The summed E-state index contributed by atoms with van der Waals surface area (Å²) in [6.07, 6.45) is 1.50. The van der Waals surface area contributed by atoms with Crippen LogP contribution in [0.4, 0.5) is 10.5 Å². The molecule has 0 radical (unpaired) electrons. The third-order valence-electron chi connectivity index (χ3n) is 5.11. The Morgan fingerprint density at radius 1 is 1.32 bits per heavy atom. The second-order valence-corrected chi connectivity index (χ2v) is 7.94. The topological polar surface area (TPSA) is 83.6 Å². The average molecular weight is 399 g/mol. The van der Waals surface area contributed by atoms with E-state index in [9.17, 15) is 4.79 Å². The molecule has 2 saturated heterocycles. The summed E-state index contributed by atoms with van der Waals surface area (Å²) >= 11 is 1.62. The average Bonchev–Trinajstić information content (AvgIpc) is 3.30. The number of carbonyl (C=O) groups excluding carboxylic acids is 1. The highest BCUT2D eigenvalue weighted by Crippen LogP contribution is 2.32. The standard InChI is InChI=1S/C19H21N5O3S/c1-12-11-28-18(21-12)15-8-14-16(2-3-20-17(14)22-15)23-4-6-24(7-5-23)19(25)27-13-9-26-10-13/h2-3,8,11,13H,4-7,9-10H2,1H3,(H,20,22). The summed E-state index contributed by atoms with van der Waals surface area (Å²) in [7, 11) is 0. The predicted molar refractivity (Wildman–Crippen MR) is 107 cm³/mol. The first-order valence-electron chi connectivity index (χ1n) is 9.36. The first-order valence-corrected chi connectivity index (χ1v) is 10.2. The monoisotopic (exact) mass is 399 g/mol. The fourth-order valence-corrected chi connectivity index (χ4v) is 4.28. The Labute approximate surface area is 166 Å². The first kappa shape index (κ1) is 17.4. The molecule has 0 saturated carbocycles. The number of anilines is 1. The van der Waals surface area contributed by atoms with Crippen molar-refractivity contribution < 1.29 is 14.3 Å². The van der Waals surface area contributed by atoms with Crippen molar-refractivity contribution in [1.82, 2.24) is 19.9 Å². The number of fused-ring (bicyclic) bond motifs is 1. The fourth-order valence-electron chi connectivity index (χ4n) is 3.51. The van der Waals surface area contributed by atoms with E-state index in [1.54, 1.807) is 16.2 Å². The smallest absolute Gasteiger partial charge is 0.410 e. The van der Waals surface area contributed by atoms with E-state index in [2.05, 4.69) is 25.9 Å². The Morgan fingerprint density at radius 3 is 2.82 bits per heavy atom. The number of rotatable bonds is 3. The van der Waals surface area contributed by atoms with Crippen molar-refractivity contribution in [2.45, 2.75) is 13.0 Å². The quantitative estimate of drug-likeness (QED) is 0.729. The van der Waals surface area contributed by atoms with Gasteiger partial charge in [-0.25, -0.2) is 14.8 Å². The van der Waals surface area contributed by atoms with Gasteiger partial charge in [0.1, 0.15) is 10.7 Å². The van der Waals surface area contributed by atoms with Crippen LogP contribution in [0.5, 0.6) is 0 Å². The zero-order valence-corrected chi connectivity index (χ0v) is 16.4. The van der Waals surface area contributed by atoms with Gasteiger partial charge >= 0.3 is 6.09 Å². The lowest BCUT2D eigenvalue weighted by Crippen LogP contribution is -2.51. The summed E-state index contributed by atoms with van der Waals surface area (Å²) in [4.78, 5) is 28.7. The van der Waals surface area contributed by atoms with Crippen molar-refractivity contribution in [3.05, 3.63) is 29.4 Å². The summed E-state index contributed by atoms with van der Waals surface area (Å²) in [5, 5.41) is 4.09. The minimum atomic E-state index is -0.240. The van der Waals surface area contributed by atoms with Crippen molar-refractivity contribution in [2.24, 2.45) is 0 Å². The number of aromatic nitrogens is 3. The number of pyridine rings is 1. The number of carbonyl (C=O) groups is 1. The molecule has 0 aliphatic carbocycles. The molecule has 28 heavy (non-hydrogen) atoms. The molecule has 1 N–H and O–H groups in total. The summed E-state index contributed by atoms with van der Waals surface area (Å²) < 4.78 is 10.5. The zero-order valence-electron chi connectivity index (χ0n) is 15.6. The van der Waals surface area contributed by atoms with E-state index in [4.69, 9.17) is 9.47 Å². The SMILES string of the molecule is Cc1csc(-c2cc3c(N4CCN(C(=O)OC5COC5)CC4)ccnc3[nH]2)n1. The maximum Gasteiger partial charge on any atom is 0.410 e. The van der Waals surface area contributed by atoms with Gasteiger partial charge in [0.25, 0.3) is 0 Å². The van der Waals surface area contributed by atoms with Crippen molar-refractivity contribution in [2.75, 3.05) is 44.3 Å². The van der Waals surface area contributed by atoms with Crippen molar-refractivity contribution in [3.63, 3.8) is 0 Å². The van der Waals surface area contributed by atoms with Gasteiger partial charge in [0.05, 0.1) is 18.9 Å². The summed E-state index contributed by atoms with van der Waals surface area (Å²) in [5.74, 6) is 0. The van der Waals surface area contributed by atoms with E-state index in [0.29, 0.717) is 26.3 Å². The van der Waals surface area contributed by atoms with Gasteiger partial charge < -0.3 is 24.3 Å². The second-order valence-electron chi connectivity index (χ2n) is 7.09. The van der Waals surface area contributed by atoms with Gasteiger partial charge in [-0.15, -0.1) is 11.3 Å². The highest BCUT2D eigenvalue weighted by atomic mass is 32.1. The number of amides is 1. The van der Waals surface area contributed by atoms with Crippen LogP contribution < -0.4 is 4.90 Å². The van der Waals surface area contributed by atoms with Crippen LogP contribution in [0.2, 0.25) is 0 Å². The molecule has 0 bridgehead atoms. The molecule has 0 spiro atoms. The minimum absolute atomic E-state index is 0.0851. The highest BCUT2D eigenvalue weighted by Gasteiger charge is 2.28. The fraction of sp³-hybridized carbons (Fsp3) is 0.421. The maximum absolute atomic E-state index is 12.2. The van der Waals surface area contributed by atoms with Crippen molar-refractivity contribution in [3.8, 4) is 10.7 Å². The van der Waals surface area contributed by atoms with Crippen LogP contribution in [-0.4, -0.2) is 71.4 Å². The van der Waals surface area contributed by atoms with E-state index in [1.165, 1.54) is 0 Å². The van der Waals surface area contributed by atoms with E-state index in [0.717, 1.165) is 46.2 Å². The molecule has 0 aromatic carbocycles. The lowest BCUT2D eigenvalue weighted by atomic mass is 10.2. The van der Waals surface area contributed by atoms with E-state index in [1.807, 2.05) is 24.6 Å². The number of H-pyrrole nitrogens is 1. The molecular formula is C19H21N5O3S. The second kappa shape index (κ2) is 7.06. The number of aromatic amines is 1. The van der Waals surface area contributed by atoms with E-state index in [-0.39, 0.29) is 12.2 Å². The van der Waals surface area contributed by atoms with Gasteiger partial charge in [-0.3, -0.25) is 0 Å². The number of hydrogen-bond donors (Lipinski definition) is 1. The van der Waals surface area contributed by atoms with Crippen molar-refractivity contribution in [1.29, 1.82) is 0 Å². The van der Waals surface area contributed by atoms with Gasteiger partial charge in [0.15, 0.2) is 6.10 Å².